The molecule has 192 valence electrons. The van der Waals surface area contributed by atoms with Gasteiger partial charge in [0.05, 0.1) is 5.57 Å². The van der Waals surface area contributed by atoms with Crippen molar-refractivity contribution < 1.29 is 14.4 Å². The van der Waals surface area contributed by atoms with Gasteiger partial charge in [0.25, 0.3) is 0 Å². The predicted molar refractivity (Wildman–Crippen MR) is 137 cm³/mol. The van der Waals surface area contributed by atoms with E-state index < -0.39 is 10.8 Å². The number of fused-ring (bicyclic) bond motifs is 8. The van der Waals surface area contributed by atoms with Crippen molar-refractivity contribution in [3.63, 3.8) is 0 Å². The summed E-state index contributed by atoms with van der Waals surface area (Å²) in [5.74, 6) is 0.595. The molecule has 36 heavy (non-hydrogen) atoms. The molecule has 0 aromatic heterocycles. The molecule has 4 saturated carbocycles. The highest BCUT2D eigenvalue weighted by Gasteiger charge is 2.72. The van der Waals surface area contributed by atoms with Gasteiger partial charge in [-0.15, -0.1) is 0 Å². The standard InChI is InChI=1S/C32H41NO3/c1-19(34)31-11-9-27(2,3)17-21(31)25-22(35)15-24-28(4)16-20(18-33)26(36)32(13-14-32)23(28)7-8-29(24,5)30(25,6)10-12-31/h15-16,21,23,25H,7-14,17H2,1-6H3/t21-,23+,25-,28-,29+,30+,31+/m0/s1. The molecule has 4 fully saturated rings. The Kier molecular flexibility index (Phi) is 4.65. The number of nitriles is 1. The summed E-state index contributed by atoms with van der Waals surface area (Å²) in [6.07, 6.45) is 12.1. The van der Waals surface area contributed by atoms with Crippen LogP contribution in [0.4, 0.5) is 0 Å². The molecule has 6 aliphatic carbocycles. The van der Waals surface area contributed by atoms with Gasteiger partial charge in [0.2, 0.25) is 0 Å². The van der Waals surface area contributed by atoms with E-state index in [0.29, 0.717) is 5.57 Å². The van der Waals surface area contributed by atoms with Crippen LogP contribution in [0.3, 0.4) is 0 Å². The summed E-state index contributed by atoms with van der Waals surface area (Å²) in [5, 5.41) is 9.88. The third-order valence-corrected chi connectivity index (χ3v) is 13.0. The van der Waals surface area contributed by atoms with E-state index >= 15 is 0 Å². The van der Waals surface area contributed by atoms with E-state index in [4.69, 9.17) is 0 Å². The Balaban J connectivity index is 1.53. The van der Waals surface area contributed by atoms with Crippen molar-refractivity contribution in [1.82, 2.24) is 0 Å². The Morgan fingerprint density at radius 1 is 0.972 bits per heavy atom. The second kappa shape index (κ2) is 6.89. The SMILES string of the molecule is CC(=O)[C@]12CCC(C)(C)C[C@H]1[C@H]1C(=O)C=C3[C@@]4(C)C=C(C#N)C(=O)C5(CC5)[C@@H]4CC[C@@]3(C)[C@]1(C)CC2. The number of Topliss-reactive ketones (excluding diaryl/α,β-unsaturated/α-hetero) is 2. The molecule has 0 radical (unpaired) electrons. The lowest BCUT2D eigenvalue weighted by molar-refractivity contribution is -0.175. The highest BCUT2D eigenvalue weighted by molar-refractivity contribution is 6.06. The largest absolute Gasteiger partial charge is 0.299 e. The molecule has 6 rings (SSSR count). The summed E-state index contributed by atoms with van der Waals surface area (Å²) in [7, 11) is 0. The molecule has 6 aliphatic rings. The topological polar surface area (TPSA) is 75.0 Å². The second-order valence-corrected chi connectivity index (χ2v) is 14.9. The monoisotopic (exact) mass is 487 g/mol. The first-order valence-electron chi connectivity index (χ1n) is 14.2. The molecule has 4 heteroatoms. The molecule has 0 N–H and O–H groups in total. The number of hydrogen-bond donors (Lipinski definition) is 0. The Morgan fingerprint density at radius 2 is 1.64 bits per heavy atom. The molecule has 0 bridgehead atoms. The van der Waals surface area contributed by atoms with Gasteiger partial charge < -0.3 is 0 Å². The summed E-state index contributed by atoms with van der Waals surface area (Å²) in [4.78, 5) is 40.8. The van der Waals surface area contributed by atoms with Gasteiger partial charge >= 0.3 is 0 Å². The lowest BCUT2D eigenvalue weighted by atomic mass is 9.34. The fraction of sp³-hybridized carbons (Fsp3) is 0.750. The molecule has 0 saturated heterocycles. The first-order chi connectivity index (χ1) is 16.7. The quantitative estimate of drug-likeness (QED) is 0.420. The van der Waals surface area contributed by atoms with E-state index in [1.54, 1.807) is 6.92 Å². The van der Waals surface area contributed by atoms with Gasteiger partial charge in [-0.05, 0) is 98.9 Å². The van der Waals surface area contributed by atoms with Crippen LogP contribution >= 0.6 is 0 Å². The van der Waals surface area contributed by atoms with Crippen molar-refractivity contribution in [1.29, 1.82) is 5.26 Å². The first-order valence-corrected chi connectivity index (χ1v) is 14.2. The Labute approximate surface area is 216 Å². The van der Waals surface area contributed by atoms with Gasteiger partial charge in [0.1, 0.15) is 11.9 Å². The van der Waals surface area contributed by atoms with Crippen LogP contribution in [-0.2, 0) is 14.4 Å². The van der Waals surface area contributed by atoms with Crippen LogP contribution in [0.15, 0.2) is 23.3 Å². The van der Waals surface area contributed by atoms with Crippen molar-refractivity contribution in [2.45, 2.75) is 99.3 Å². The maximum atomic E-state index is 14.3. The van der Waals surface area contributed by atoms with Crippen molar-refractivity contribution in [3.05, 3.63) is 23.3 Å². The third-order valence-electron chi connectivity index (χ3n) is 13.0. The van der Waals surface area contributed by atoms with Crippen LogP contribution in [0.5, 0.6) is 0 Å². The highest BCUT2D eigenvalue weighted by Crippen LogP contribution is 2.76. The lowest BCUT2D eigenvalue weighted by Gasteiger charge is -2.68. The summed E-state index contributed by atoms with van der Waals surface area (Å²) in [6, 6.07) is 2.22. The average molecular weight is 488 g/mol. The summed E-state index contributed by atoms with van der Waals surface area (Å²) in [5.41, 5.74) is -0.0810. The van der Waals surface area contributed by atoms with Gasteiger partial charge in [-0.2, -0.15) is 5.26 Å². The smallest absolute Gasteiger partial charge is 0.179 e. The Morgan fingerprint density at radius 3 is 2.25 bits per heavy atom. The average Bonchev–Trinajstić information content (AvgIpc) is 3.59. The van der Waals surface area contributed by atoms with Gasteiger partial charge in [-0.1, -0.05) is 46.3 Å². The van der Waals surface area contributed by atoms with E-state index in [9.17, 15) is 19.6 Å². The predicted octanol–water partition coefficient (Wildman–Crippen LogP) is 6.55. The molecule has 0 heterocycles. The molecule has 4 nitrogen and oxygen atoms in total. The molecular formula is C32H41NO3. The summed E-state index contributed by atoms with van der Waals surface area (Å²) < 4.78 is 0. The van der Waals surface area contributed by atoms with Crippen molar-refractivity contribution >= 4 is 17.3 Å². The number of rotatable bonds is 1. The zero-order valence-electron chi connectivity index (χ0n) is 22.9. The van der Waals surface area contributed by atoms with Crippen molar-refractivity contribution in [2.75, 3.05) is 0 Å². The van der Waals surface area contributed by atoms with Gasteiger partial charge in [-0.25, -0.2) is 0 Å². The van der Waals surface area contributed by atoms with Gasteiger partial charge in [0.15, 0.2) is 11.6 Å². The van der Waals surface area contributed by atoms with Crippen LogP contribution in [0.1, 0.15) is 99.3 Å². The fourth-order valence-electron chi connectivity index (χ4n) is 10.6. The first kappa shape index (κ1) is 24.3. The van der Waals surface area contributed by atoms with Crippen LogP contribution < -0.4 is 0 Å². The Hall–Kier alpha value is -2.02. The van der Waals surface area contributed by atoms with Crippen LogP contribution in [-0.4, -0.2) is 17.3 Å². The fourth-order valence-corrected chi connectivity index (χ4v) is 10.6. The minimum absolute atomic E-state index is 0.0382. The zero-order chi connectivity index (χ0) is 26.1. The number of allylic oxidation sites excluding steroid dienone is 4. The van der Waals surface area contributed by atoms with E-state index in [0.717, 1.165) is 63.4 Å². The summed E-state index contributed by atoms with van der Waals surface area (Å²) in [6.45, 7) is 13.3. The molecule has 0 aromatic carbocycles. The normalized spacial score (nSPS) is 47.9. The zero-order valence-corrected chi connectivity index (χ0v) is 22.9. The third kappa shape index (κ3) is 2.63. The van der Waals surface area contributed by atoms with Crippen molar-refractivity contribution in [2.24, 2.45) is 50.2 Å². The van der Waals surface area contributed by atoms with Crippen molar-refractivity contribution in [3.8, 4) is 6.07 Å². The minimum Gasteiger partial charge on any atom is -0.299 e. The molecule has 0 aromatic rings. The molecule has 0 amide bonds. The Bertz CT molecular complexity index is 1210. The van der Waals surface area contributed by atoms with Gasteiger partial charge in [0, 0.05) is 22.2 Å². The number of hydrogen-bond acceptors (Lipinski definition) is 4. The number of nitrogens with zero attached hydrogens (tertiary/aromatic N) is 1. The van der Waals surface area contributed by atoms with Crippen LogP contribution in [0.2, 0.25) is 0 Å². The van der Waals surface area contributed by atoms with Crippen LogP contribution in [0, 0.1) is 61.6 Å². The number of carbonyl (C=O) groups is 3. The lowest BCUT2D eigenvalue weighted by Crippen LogP contribution is -2.65. The highest BCUT2D eigenvalue weighted by atomic mass is 16.1. The molecule has 7 atom stereocenters. The van der Waals surface area contributed by atoms with E-state index in [-0.39, 0.29) is 56.8 Å². The van der Waals surface area contributed by atoms with E-state index in [2.05, 4.69) is 40.7 Å². The number of ketones is 3. The van der Waals surface area contributed by atoms with E-state index in [1.165, 1.54) is 0 Å². The molecule has 1 spiro atoms. The second-order valence-electron chi connectivity index (χ2n) is 14.9. The molecule has 0 aliphatic heterocycles. The number of carbonyl (C=O) groups excluding carboxylic acids is 3. The van der Waals surface area contributed by atoms with Crippen LogP contribution in [0.25, 0.3) is 0 Å². The van der Waals surface area contributed by atoms with E-state index in [1.807, 2.05) is 12.2 Å². The van der Waals surface area contributed by atoms with Gasteiger partial charge in [-0.3, -0.25) is 14.4 Å². The molecular weight excluding hydrogens is 446 g/mol. The molecule has 0 unspecified atom stereocenters. The minimum atomic E-state index is -0.451. The summed E-state index contributed by atoms with van der Waals surface area (Å²) >= 11 is 0. The maximum absolute atomic E-state index is 14.3. The maximum Gasteiger partial charge on any atom is 0.179 e.